The second kappa shape index (κ2) is 6.83. The van der Waals surface area contributed by atoms with E-state index in [0.717, 1.165) is 12.8 Å². The highest BCUT2D eigenvalue weighted by atomic mass is 16.1. The van der Waals surface area contributed by atoms with Gasteiger partial charge in [-0.25, -0.2) is 4.98 Å². The summed E-state index contributed by atoms with van der Waals surface area (Å²) in [6.45, 7) is 4.24. The van der Waals surface area contributed by atoms with Crippen LogP contribution in [0, 0.1) is 0 Å². The summed E-state index contributed by atoms with van der Waals surface area (Å²) in [4.78, 5) is 15.4. The Balaban J connectivity index is 2.68. The molecule has 1 aromatic heterocycles. The van der Waals surface area contributed by atoms with E-state index < -0.39 is 5.91 Å². The summed E-state index contributed by atoms with van der Waals surface area (Å²) >= 11 is 0. The highest BCUT2D eigenvalue weighted by Crippen LogP contribution is 2.17. The lowest BCUT2D eigenvalue weighted by atomic mass is 10.1. The van der Waals surface area contributed by atoms with Crippen LogP contribution in [-0.2, 0) is 0 Å². The zero-order chi connectivity index (χ0) is 13.5. The van der Waals surface area contributed by atoms with Crippen molar-refractivity contribution in [1.29, 1.82) is 0 Å². The van der Waals surface area contributed by atoms with E-state index in [9.17, 15) is 4.79 Å². The number of carbonyl (C=O) groups is 1. The molecule has 1 amide bonds. The molecule has 0 aromatic carbocycles. The predicted molar refractivity (Wildman–Crippen MR) is 74.4 cm³/mol. The van der Waals surface area contributed by atoms with Gasteiger partial charge in [0, 0.05) is 6.04 Å². The number of rotatable bonds is 7. The number of nitrogen functional groups attached to an aromatic ring is 1. The fourth-order valence-electron chi connectivity index (χ4n) is 1.79. The van der Waals surface area contributed by atoms with E-state index in [1.165, 1.54) is 19.0 Å². The normalized spacial score (nSPS) is 12.1. The lowest BCUT2D eigenvalue weighted by Gasteiger charge is -2.16. The number of hydrogen-bond acceptors (Lipinski definition) is 4. The van der Waals surface area contributed by atoms with Gasteiger partial charge in [-0.1, -0.05) is 26.2 Å². The van der Waals surface area contributed by atoms with Crippen molar-refractivity contribution < 1.29 is 4.79 Å². The smallest absolute Gasteiger partial charge is 0.252 e. The minimum Gasteiger partial charge on any atom is -0.397 e. The van der Waals surface area contributed by atoms with Crippen LogP contribution in [0.2, 0.25) is 0 Å². The molecule has 100 valence electrons. The number of nitrogens with two attached hydrogens (primary N) is 2. The first-order valence-electron chi connectivity index (χ1n) is 6.36. The molecule has 1 rings (SSSR count). The van der Waals surface area contributed by atoms with Gasteiger partial charge < -0.3 is 16.8 Å². The minimum absolute atomic E-state index is 0.255. The fourth-order valence-corrected chi connectivity index (χ4v) is 1.79. The average Bonchev–Trinajstić information content (AvgIpc) is 2.31. The molecule has 1 aromatic rings. The van der Waals surface area contributed by atoms with Crippen molar-refractivity contribution in [3.8, 4) is 0 Å². The number of amides is 1. The maximum atomic E-state index is 11.3. The summed E-state index contributed by atoms with van der Waals surface area (Å²) in [5.41, 5.74) is 11.7. The van der Waals surface area contributed by atoms with Crippen molar-refractivity contribution in [3.63, 3.8) is 0 Å². The molecule has 0 fully saturated rings. The predicted octanol–water partition coefficient (Wildman–Crippen LogP) is 2.14. The average molecular weight is 250 g/mol. The van der Waals surface area contributed by atoms with Crippen molar-refractivity contribution >= 4 is 17.4 Å². The van der Waals surface area contributed by atoms with Gasteiger partial charge in [0.25, 0.3) is 5.91 Å². The number of nitrogens with one attached hydrogen (secondary N) is 1. The second-order valence-corrected chi connectivity index (χ2v) is 4.57. The Hall–Kier alpha value is -1.78. The summed E-state index contributed by atoms with van der Waals surface area (Å²) < 4.78 is 0. The summed E-state index contributed by atoms with van der Waals surface area (Å²) in [5.74, 6) is -0.00115. The van der Waals surface area contributed by atoms with Gasteiger partial charge in [0.1, 0.15) is 5.82 Å². The molecule has 1 heterocycles. The monoisotopic (exact) mass is 250 g/mol. The lowest BCUT2D eigenvalue weighted by Crippen LogP contribution is -2.21. The highest BCUT2D eigenvalue weighted by Gasteiger charge is 2.12. The molecule has 0 saturated heterocycles. The standard InChI is InChI=1S/C13H22N4O/c1-3-4-5-6-9(2)17-13-11(12(15)18)7-10(14)8-16-13/h7-9H,3-6,14H2,1-2H3,(H2,15,18)(H,16,17). The molecule has 0 radical (unpaired) electrons. The van der Waals surface area contributed by atoms with Crippen molar-refractivity contribution in [3.05, 3.63) is 17.8 Å². The Kier molecular flexibility index (Phi) is 5.42. The zero-order valence-corrected chi connectivity index (χ0v) is 11.1. The molecule has 0 spiro atoms. The Morgan fingerprint density at radius 3 is 2.83 bits per heavy atom. The Labute approximate surface area is 108 Å². The third-order valence-electron chi connectivity index (χ3n) is 2.80. The number of unbranched alkanes of at least 4 members (excludes halogenated alkanes) is 2. The molecule has 0 bridgehead atoms. The molecular weight excluding hydrogens is 228 g/mol. The Morgan fingerprint density at radius 2 is 2.22 bits per heavy atom. The first-order chi connectivity index (χ1) is 8.54. The molecule has 18 heavy (non-hydrogen) atoms. The quantitative estimate of drug-likeness (QED) is 0.646. The Morgan fingerprint density at radius 1 is 1.50 bits per heavy atom. The molecule has 0 saturated carbocycles. The third-order valence-corrected chi connectivity index (χ3v) is 2.80. The molecule has 1 unspecified atom stereocenters. The van der Waals surface area contributed by atoms with Crippen LogP contribution < -0.4 is 16.8 Å². The van der Waals surface area contributed by atoms with Gasteiger partial charge in [-0.3, -0.25) is 4.79 Å². The van der Waals surface area contributed by atoms with Crippen LogP contribution in [0.5, 0.6) is 0 Å². The topological polar surface area (TPSA) is 94.0 Å². The van der Waals surface area contributed by atoms with Crippen LogP contribution in [0.4, 0.5) is 11.5 Å². The van der Waals surface area contributed by atoms with Gasteiger partial charge in [0.05, 0.1) is 17.4 Å². The van der Waals surface area contributed by atoms with Crippen LogP contribution in [-0.4, -0.2) is 16.9 Å². The largest absolute Gasteiger partial charge is 0.397 e. The maximum absolute atomic E-state index is 11.3. The molecule has 1 atom stereocenters. The van der Waals surface area contributed by atoms with Crippen molar-refractivity contribution in [2.75, 3.05) is 11.1 Å². The molecule has 5 N–H and O–H groups in total. The first kappa shape index (κ1) is 14.3. The number of aromatic nitrogens is 1. The highest BCUT2D eigenvalue weighted by molar-refractivity contribution is 5.98. The van der Waals surface area contributed by atoms with Crippen molar-refractivity contribution in [2.24, 2.45) is 5.73 Å². The van der Waals surface area contributed by atoms with Crippen molar-refractivity contribution in [1.82, 2.24) is 4.98 Å². The van der Waals surface area contributed by atoms with Crippen LogP contribution >= 0.6 is 0 Å². The minimum atomic E-state index is -0.516. The second-order valence-electron chi connectivity index (χ2n) is 4.57. The summed E-state index contributed by atoms with van der Waals surface area (Å²) in [6, 6.07) is 1.81. The van der Waals surface area contributed by atoms with E-state index >= 15 is 0 Å². The van der Waals surface area contributed by atoms with Gasteiger partial charge in [-0.2, -0.15) is 0 Å². The summed E-state index contributed by atoms with van der Waals surface area (Å²) in [6.07, 6.45) is 6.13. The number of anilines is 2. The molecule has 5 nitrogen and oxygen atoms in total. The van der Waals surface area contributed by atoms with Crippen LogP contribution in [0.25, 0.3) is 0 Å². The van der Waals surface area contributed by atoms with Gasteiger partial charge in [-0.05, 0) is 19.4 Å². The summed E-state index contributed by atoms with van der Waals surface area (Å²) in [5, 5.41) is 3.21. The van der Waals surface area contributed by atoms with Gasteiger partial charge in [0.15, 0.2) is 0 Å². The fraction of sp³-hybridized carbons (Fsp3) is 0.538. The van der Waals surface area contributed by atoms with E-state index in [0.29, 0.717) is 17.1 Å². The van der Waals surface area contributed by atoms with Gasteiger partial charge in [0.2, 0.25) is 0 Å². The number of primary amides is 1. The molecule has 0 aliphatic carbocycles. The van der Waals surface area contributed by atoms with E-state index in [1.54, 1.807) is 6.07 Å². The van der Waals surface area contributed by atoms with E-state index in [2.05, 4.69) is 24.1 Å². The summed E-state index contributed by atoms with van der Waals surface area (Å²) in [7, 11) is 0. The number of hydrogen-bond donors (Lipinski definition) is 3. The molecule has 0 aliphatic rings. The number of carbonyl (C=O) groups excluding carboxylic acids is 1. The van der Waals surface area contributed by atoms with E-state index in [4.69, 9.17) is 11.5 Å². The van der Waals surface area contributed by atoms with Crippen molar-refractivity contribution in [2.45, 2.75) is 45.6 Å². The first-order valence-corrected chi connectivity index (χ1v) is 6.36. The van der Waals surface area contributed by atoms with Crippen LogP contribution in [0.15, 0.2) is 12.3 Å². The SMILES string of the molecule is CCCCCC(C)Nc1ncc(N)cc1C(N)=O. The van der Waals surface area contributed by atoms with E-state index in [-0.39, 0.29) is 6.04 Å². The third kappa shape index (κ3) is 4.24. The number of pyridine rings is 1. The number of nitrogens with zero attached hydrogens (tertiary/aromatic N) is 1. The Bertz CT molecular complexity index is 406. The molecule has 0 aliphatic heterocycles. The lowest BCUT2D eigenvalue weighted by molar-refractivity contribution is 0.100. The van der Waals surface area contributed by atoms with Gasteiger partial charge in [-0.15, -0.1) is 0 Å². The van der Waals surface area contributed by atoms with Crippen LogP contribution in [0.3, 0.4) is 0 Å². The van der Waals surface area contributed by atoms with E-state index in [1.807, 2.05) is 0 Å². The molecule has 5 heteroatoms. The zero-order valence-electron chi connectivity index (χ0n) is 11.1. The molecular formula is C13H22N4O. The van der Waals surface area contributed by atoms with Crippen LogP contribution in [0.1, 0.15) is 49.9 Å². The van der Waals surface area contributed by atoms with Gasteiger partial charge >= 0.3 is 0 Å². The maximum Gasteiger partial charge on any atom is 0.252 e.